The number of aliphatic carboxylic acids is 1. The molecule has 1 aromatic carbocycles. The molecule has 1 aromatic heterocycles. The number of alkyl halides is 3. The maximum atomic E-state index is 10.6. The normalized spacial score (nSPS) is 16.7. The zero-order valence-corrected chi connectivity index (χ0v) is 16.7. The molecule has 1 atom stereocenters. The van der Waals surface area contributed by atoms with Gasteiger partial charge in [0.1, 0.15) is 0 Å². The summed E-state index contributed by atoms with van der Waals surface area (Å²) in [5, 5.41) is 11.7. The fraction of sp³-hybridized carbons (Fsp3) is 0.500. The van der Waals surface area contributed by atoms with Crippen molar-refractivity contribution in [3.63, 3.8) is 0 Å². The van der Waals surface area contributed by atoms with E-state index in [4.69, 9.17) is 14.6 Å². The number of carboxylic acid groups (broad SMARTS) is 1. The standard InChI is InChI=1S/C18H25N3O.C2HF3O2/c1-4-21-18-12-20(10-15-7-5-14(2)6-8-15)11-16(13-22-3)17(18)9-19-21;3-2(4,5)1(6)7/h5-9,16H,4,10-13H2,1-3H3;(H,6,7). The molecule has 1 N–H and O–H groups in total. The number of carboxylic acids is 1. The molecule has 160 valence electrons. The van der Waals surface area contributed by atoms with Gasteiger partial charge < -0.3 is 9.84 Å². The molecule has 0 saturated carbocycles. The van der Waals surface area contributed by atoms with E-state index in [9.17, 15) is 13.2 Å². The van der Waals surface area contributed by atoms with Gasteiger partial charge in [-0.1, -0.05) is 29.8 Å². The Morgan fingerprint density at radius 2 is 1.93 bits per heavy atom. The van der Waals surface area contributed by atoms with Gasteiger partial charge in [-0.2, -0.15) is 18.3 Å². The fourth-order valence-corrected chi connectivity index (χ4v) is 3.31. The first-order valence-corrected chi connectivity index (χ1v) is 9.27. The molecular formula is C20H26F3N3O3. The monoisotopic (exact) mass is 413 g/mol. The molecule has 0 bridgehead atoms. The third-order valence-corrected chi connectivity index (χ3v) is 4.71. The van der Waals surface area contributed by atoms with Gasteiger partial charge in [0.2, 0.25) is 0 Å². The molecule has 0 spiro atoms. The average Bonchev–Trinajstić information content (AvgIpc) is 3.07. The molecule has 29 heavy (non-hydrogen) atoms. The van der Waals surface area contributed by atoms with Gasteiger partial charge >= 0.3 is 12.1 Å². The molecule has 1 aliphatic heterocycles. The van der Waals surface area contributed by atoms with Crippen molar-refractivity contribution >= 4 is 5.97 Å². The number of methoxy groups -OCH3 is 1. The summed E-state index contributed by atoms with van der Waals surface area (Å²) in [5.41, 5.74) is 5.39. The van der Waals surface area contributed by atoms with E-state index in [-0.39, 0.29) is 0 Å². The predicted molar refractivity (Wildman–Crippen MR) is 102 cm³/mol. The molecule has 0 saturated heterocycles. The van der Waals surface area contributed by atoms with Crippen LogP contribution in [-0.2, 0) is 29.2 Å². The Labute approximate surface area is 167 Å². The van der Waals surface area contributed by atoms with Crippen molar-refractivity contribution in [2.24, 2.45) is 0 Å². The number of ether oxygens (including phenoxy) is 1. The van der Waals surface area contributed by atoms with Crippen molar-refractivity contribution in [1.29, 1.82) is 0 Å². The van der Waals surface area contributed by atoms with Crippen LogP contribution in [0.25, 0.3) is 0 Å². The van der Waals surface area contributed by atoms with E-state index in [2.05, 4.69) is 52.8 Å². The average molecular weight is 413 g/mol. The smallest absolute Gasteiger partial charge is 0.475 e. The molecule has 2 heterocycles. The highest BCUT2D eigenvalue weighted by atomic mass is 19.4. The second kappa shape index (κ2) is 9.89. The number of hydrogen-bond donors (Lipinski definition) is 1. The number of halogens is 3. The number of fused-ring (bicyclic) bond motifs is 1. The minimum absolute atomic E-state index is 0.416. The van der Waals surface area contributed by atoms with Crippen LogP contribution in [0.1, 0.15) is 35.2 Å². The summed E-state index contributed by atoms with van der Waals surface area (Å²) in [5.74, 6) is -2.34. The van der Waals surface area contributed by atoms with Crippen molar-refractivity contribution < 1.29 is 27.8 Å². The van der Waals surface area contributed by atoms with Crippen LogP contribution in [-0.4, -0.2) is 52.2 Å². The maximum absolute atomic E-state index is 10.6. The summed E-state index contributed by atoms with van der Waals surface area (Å²) >= 11 is 0. The van der Waals surface area contributed by atoms with Gasteiger partial charge in [-0.25, -0.2) is 4.79 Å². The Bertz CT molecular complexity index is 804. The highest BCUT2D eigenvalue weighted by Crippen LogP contribution is 2.29. The lowest BCUT2D eigenvalue weighted by Gasteiger charge is -2.33. The van der Waals surface area contributed by atoms with Gasteiger partial charge in [0.25, 0.3) is 0 Å². The zero-order chi connectivity index (χ0) is 21.6. The highest BCUT2D eigenvalue weighted by molar-refractivity contribution is 5.73. The van der Waals surface area contributed by atoms with Gasteiger partial charge in [-0.15, -0.1) is 0 Å². The zero-order valence-electron chi connectivity index (χ0n) is 16.7. The van der Waals surface area contributed by atoms with Crippen LogP contribution in [0, 0.1) is 6.92 Å². The molecule has 0 radical (unpaired) electrons. The molecule has 0 aliphatic carbocycles. The van der Waals surface area contributed by atoms with E-state index < -0.39 is 12.1 Å². The fourth-order valence-electron chi connectivity index (χ4n) is 3.31. The van der Waals surface area contributed by atoms with Gasteiger partial charge in [0.15, 0.2) is 0 Å². The molecule has 0 amide bonds. The summed E-state index contributed by atoms with van der Waals surface area (Å²) in [6.45, 7) is 8.94. The molecule has 3 rings (SSSR count). The van der Waals surface area contributed by atoms with E-state index in [0.717, 1.165) is 32.8 Å². The first-order chi connectivity index (χ1) is 13.7. The maximum Gasteiger partial charge on any atom is 0.490 e. The number of rotatable bonds is 5. The summed E-state index contributed by atoms with van der Waals surface area (Å²) in [4.78, 5) is 11.4. The van der Waals surface area contributed by atoms with Crippen molar-refractivity contribution in [3.05, 3.63) is 52.8 Å². The molecule has 1 aliphatic rings. The van der Waals surface area contributed by atoms with E-state index >= 15 is 0 Å². The van der Waals surface area contributed by atoms with E-state index in [0.29, 0.717) is 5.92 Å². The summed E-state index contributed by atoms with van der Waals surface area (Å²) < 4.78 is 39.3. The van der Waals surface area contributed by atoms with E-state index in [1.165, 1.54) is 22.4 Å². The van der Waals surface area contributed by atoms with Crippen LogP contribution in [0.15, 0.2) is 30.5 Å². The van der Waals surface area contributed by atoms with Crippen LogP contribution < -0.4 is 0 Å². The third-order valence-electron chi connectivity index (χ3n) is 4.71. The number of aromatic nitrogens is 2. The Kier molecular flexibility index (Phi) is 7.80. The second-order valence-electron chi connectivity index (χ2n) is 6.97. The molecule has 6 nitrogen and oxygen atoms in total. The summed E-state index contributed by atoms with van der Waals surface area (Å²) in [6, 6.07) is 8.84. The molecule has 1 unspecified atom stereocenters. The number of hydrogen-bond acceptors (Lipinski definition) is 4. The Hall–Kier alpha value is -2.39. The Balaban J connectivity index is 0.000000370. The number of nitrogens with zero attached hydrogens (tertiary/aromatic N) is 3. The number of aryl methyl sites for hydroxylation is 2. The van der Waals surface area contributed by atoms with Crippen LogP contribution >= 0.6 is 0 Å². The topological polar surface area (TPSA) is 67.6 Å². The van der Waals surface area contributed by atoms with E-state index in [1.54, 1.807) is 7.11 Å². The lowest BCUT2D eigenvalue weighted by Crippen LogP contribution is -2.35. The summed E-state index contributed by atoms with van der Waals surface area (Å²) in [6.07, 6.45) is -3.05. The number of carbonyl (C=O) groups is 1. The van der Waals surface area contributed by atoms with Gasteiger partial charge in [-0.3, -0.25) is 9.58 Å². The van der Waals surface area contributed by atoms with Crippen molar-refractivity contribution in [2.75, 3.05) is 20.3 Å². The second-order valence-corrected chi connectivity index (χ2v) is 6.97. The Morgan fingerprint density at radius 3 is 2.45 bits per heavy atom. The first-order valence-electron chi connectivity index (χ1n) is 9.27. The molecule has 2 aromatic rings. The van der Waals surface area contributed by atoms with Crippen molar-refractivity contribution in [2.45, 2.75) is 45.6 Å². The number of benzene rings is 1. The molecule has 9 heteroatoms. The van der Waals surface area contributed by atoms with Gasteiger partial charge in [-0.05, 0) is 19.4 Å². The van der Waals surface area contributed by atoms with Crippen LogP contribution in [0.3, 0.4) is 0 Å². The van der Waals surface area contributed by atoms with Crippen LogP contribution in [0.5, 0.6) is 0 Å². The predicted octanol–water partition coefficient (Wildman–Crippen LogP) is 3.59. The lowest BCUT2D eigenvalue weighted by atomic mass is 9.95. The minimum atomic E-state index is -5.08. The minimum Gasteiger partial charge on any atom is -0.475 e. The van der Waals surface area contributed by atoms with Crippen molar-refractivity contribution in [1.82, 2.24) is 14.7 Å². The molecular weight excluding hydrogens is 387 g/mol. The largest absolute Gasteiger partial charge is 0.490 e. The van der Waals surface area contributed by atoms with Crippen LogP contribution in [0.4, 0.5) is 13.2 Å². The highest BCUT2D eigenvalue weighted by Gasteiger charge is 2.38. The quantitative estimate of drug-likeness (QED) is 0.812. The SMILES string of the molecule is CCn1ncc2c1CN(Cc1ccc(C)cc1)CC2COC.O=C(O)C(F)(F)F. The van der Waals surface area contributed by atoms with Crippen LogP contribution in [0.2, 0.25) is 0 Å². The van der Waals surface area contributed by atoms with E-state index in [1.807, 2.05) is 6.20 Å². The van der Waals surface area contributed by atoms with Gasteiger partial charge in [0, 0.05) is 44.8 Å². The third kappa shape index (κ3) is 6.30. The van der Waals surface area contributed by atoms with Crippen molar-refractivity contribution in [3.8, 4) is 0 Å². The van der Waals surface area contributed by atoms with Gasteiger partial charge in [0.05, 0.1) is 18.5 Å². The first kappa shape index (κ1) is 22.9. The molecule has 0 fully saturated rings. The summed E-state index contributed by atoms with van der Waals surface area (Å²) in [7, 11) is 1.78. The Morgan fingerprint density at radius 1 is 1.31 bits per heavy atom. The lowest BCUT2D eigenvalue weighted by molar-refractivity contribution is -0.192.